The van der Waals surface area contributed by atoms with Crippen LogP contribution >= 0.6 is 0 Å². The molecule has 0 bridgehead atoms. The molecule has 0 aliphatic rings. The van der Waals surface area contributed by atoms with Crippen molar-refractivity contribution >= 4 is 10.0 Å². The third kappa shape index (κ3) is 7.97. The highest BCUT2D eigenvalue weighted by Gasteiger charge is 2.02. The number of rotatable bonds is 6. The SMILES string of the molecule is CCC(O)CCCNS(C)(=O)=O. The van der Waals surface area contributed by atoms with Gasteiger partial charge in [-0.15, -0.1) is 0 Å². The van der Waals surface area contributed by atoms with Gasteiger partial charge in [0.25, 0.3) is 0 Å². The van der Waals surface area contributed by atoms with Gasteiger partial charge in [0.15, 0.2) is 0 Å². The smallest absolute Gasteiger partial charge is 0.208 e. The maximum atomic E-state index is 10.6. The molecule has 1 atom stereocenters. The number of aliphatic hydroxyl groups is 1. The third-order valence-electron chi connectivity index (χ3n) is 1.55. The molecular formula is C7H17NO3S. The Bertz CT molecular complexity index is 201. The minimum atomic E-state index is -3.06. The third-order valence-corrected chi connectivity index (χ3v) is 2.28. The molecule has 0 aromatic heterocycles. The van der Waals surface area contributed by atoms with E-state index in [4.69, 9.17) is 5.11 Å². The van der Waals surface area contributed by atoms with E-state index >= 15 is 0 Å². The molecular weight excluding hydrogens is 178 g/mol. The second kappa shape index (κ2) is 5.50. The Hall–Kier alpha value is -0.130. The maximum Gasteiger partial charge on any atom is 0.208 e. The van der Waals surface area contributed by atoms with Crippen molar-refractivity contribution in [2.45, 2.75) is 32.3 Å². The van der Waals surface area contributed by atoms with E-state index in [0.717, 1.165) is 12.7 Å². The molecule has 0 heterocycles. The molecule has 0 rings (SSSR count). The van der Waals surface area contributed by atoms with Crippen molar-refractivity contribution in [2.75, 3.05) is 12.8 Å². The minimum absolute atomic E-state index is 0.300. The fourth-order valence-corrected chi connectivity index (χ4v) is 1.31. The second-order valence-corrected chi connectivity index (χ2v) is 4.70. The van der Waals surface area contributed by atoms with Crippen LogP contribution in [-0.4, -0.2) is 32.4 Å². The lowest BCUT2D eigenvalue weighted by molar-refractivity contribution is 0.158. The summed E-state index contributed by atoms with van der Waals surface area (Å²) < 4.78 is 23.5. The van der Waals surface area contributed by atoms with Crippen LogP contribution in [0.3, 0.4) is 0 Å². The van der Waals surface area contributed by atoms with Crippen molar-refractivity contribution in [3.63, 3.8) is 0 Å². The van der Waals surface area contributed by atoms with E-state index in [1.54, 1.807) is 0 Å². The van der Waals surface area contributed by atoms with Gasteiger partial charge in [0, 0.05) is 6.54 Å². The molecule has 74 valence electrons. The van der Waals surface area contributed by atoms with Crippen LogP contribution in [0.15, 0.2) is 0 Å². The number of aliphatic hydroxyl groups excluding tert-OH is 1. The Labute approximate surface area is 74.0 Å². The van der Waals surface area contributed by atoms with Gasteiger partial charge in [-0.2, -0.15) is 0 Å². The van der Waals surface area contributed by atoms with Gasteiger partial charge in [-0.3, -0.25) is 0 Å². The lowest BCUT2D eigenvalue weighted by atomic mass is 10.1. The molecule has 0 aliphatic heterocycles. The van der Waals surface area contributed by atoms with Crippen LogP contribution in [0, 0.1) is 0 Å². The van der Waals surface area contributed by atoms with Gasteiger partial charge >= 0.3 is 0 Å². The monoisotopic (exact) mass is 195 g/mol. The molecule has 0 aliphatic carbocycles. The molecule has 0 fully saturated rings. The molecule has 1 unspecified atom stereocenters. The summed E-state index contributed by atoms with van der Waals surface area (Å²) in [7, 11) is -3.06. The zero-order chi connectivity index (χ0) is 9.61. The molecule has 0 radical (unpaired) electrons. The standard InChI is InChI=1S/C7H17NO3S/c1-3-7(9)5-4-6-8-12(2,10)11/h7-9H,3-6H2,1-2H3. The molecule has 0 saturated heterocycles. The van der Waals surface area contributed by atoms with Crippen LogP contribution in [0.1, 0.15) is 26.2 Å². The van der Waals surface area contributed by atoms with Gasteiger partial charge in [-0.1, -0.05) is 6.92 Å². The van der Waals surface area contributed by atoms with Crippen LogP contribution in [0.25, 0.3) is 0 Å². The first kappa shape index (κ1) is 11.9. The topological polar surface area (TPSA) is 66.4 Å². The second-order valence-electron chi connectivity index (χ2n) is 2.87. The van der Waals surface area contributed by atoms with Crippen molar-refractivity contribution < 1.29 is 13.5 Å². The van der Waals surface area contributed by atoms with Crippen LogP contribution < -0.4 is 4.72 Å². The van der Waals surface area contributed by atoms with E-state index < -0.39 is 10.0 Å². The first-order valence-electron chi connectivity index (χ1n) is 4.08. The largest absolute Gasteiger partial charge is 0.393 e. The van der Waals surface area contributed by atoms with E-state index in [2.05, 4.69) is 4.72 Å². The minimum Gasteiger partial charge on any atom is -0.393 e. The summed E-state index contributed by atoms with van der Waals surface area (Å²) in [6, 6.07) is 0. The van der Waals surface area contributed by atoms with Crippen LogP contribution in [-0.2, 0) is 10.0 Å². The van der Waals surface area contributed by atoms with Crippen molar-refractivity contribution in [3.05, 3.63) is 0 Å². The van der Waals surface area contributed by atoms with E-state index in [1.165, 1.54) is 0 Å². The van der Waals surface area contributed by atoms with Crippen molar-refractivity contribution in [1.82, 2.24) is 4.72 Å². The van der Waals surface area contributed by atoms with Gasteiger partial charge in [0.1, 0.15) is 0 Å². The highest BCUT2D eigenvalue weighted by atomic mass is 32.2. The molecule has 0 aromatic carbocycles. The summed E-state index contributed by atoms with van der Waals surface area (Å²) >= 11 is 0. The summed E-state index contributed by atoms with van der Waals surface area (Å²) in [6.45, 7) is 2.31. The zero-order valence-electron chi connectivity index (χ0n) is 7.58. The van der Waals surface area contributed by atoms with Gasteiger partial charge < -0.3 is 5.11 Å². The fraction of sp³-hybridized carbons (Fsp3) is 1.00. The molecule has 5 heteroatoms. The number of nitrogens with one attached hydrogen (secondary N) is 1. The van der Waals surface area contributed by atoms with E-state index in [0.29, 0.717) is 19.4 Å². The maximum absolute atomic E-state index is 10.6. The van der Waals surface area contributed by atoms with E-state index in [-0.39, 0.29) is 6.10 Å². The predicted molar refractivity (Wildman–Crippen MR) is 48.4 cm³/mol. The molecule has 12 heavy (non-hydrogen) atoms. The predicted octanol–water partition coefficient (Wildman–Crippen LogP) is 0.0867. The highest BCUT2D eigenvalue weighted by molar-refractivity contribution is 7.88. The summed E-state index contributed by atoms with van der Waals surface area (Å²) in [4.78, 5) is 0. The Kier molecular flexibility index (Phi) is 5.44. The quantitative estimate of drug-likeness (QED) is 0.590. The lowest BCUT2D eigenvalue weighted by Gasteiger charge is -2.06. The van der Waals surface area contributed by atoms with Crippen molar-refractivity contribution in [3.8, 4) is 0 Å². The van der Waals surface area contributed by atoms with Gasteiger partial charge in [-0.05, 0) is 19.3 Å². The number of sulfonamides is 1. The molecule has 0 spiro atoms. The highest BCUT2D eigenvalue weighted by Crippen LogP contribution is 1.99. The van der Waals surface area contributed by atoms with Crippen LogP contribution in [0.2, 0.25) is 0 Å². The van der Waals surface area contributed by atoms with Gasteiger partial charge in [0.05, 0.1) is 12.4 Å². The molecule has 4 nitrogen and oxygen atoms in total. The van der Waals surface area contributed by atoms with Crippen LogP contribution in [0.5, 0.6) is 0 Å². The first-order valence-corrected chi connectivity index (χ1v) is 5.97. The lowest BCUT2D eigenvalue weighted by Crippen LogP contribution is -2.23. The first-order chi connectivity index (χ1) is 5.45. The number of hydrogen-bond acceptors (Lipinski definition) is 3. The van der Waals surface area contributed by atoms with E-state index in [9.17, 15) is 8.42 Å². The summed E-state index contributed by atoms with van der Waals surface area (Å²) in [5.41, 5.74) is 0. The zero-order valence-corrected chi connectivity index (χ0v) is 8.39. The van der Waals surface area contributed by atoms with Gasteiger partial charge in [-0.25, -0.2) is 13.1 Å². The fourth-order valence-electron chi connectivity index (χ4n) is 0.799. The molecule has 0 aromatic rings. The normalized spacial score (nSPS) is 14.6. The summed E-state index contributed by atoms with van der Waals surface area (Å²) in [5, 5.41) is 9.11. The average molecular weight is 195 g/mol. The summed E-state index contributed by atoms with van der Waals surface area (Å²) in [6.07, 6.45) is 2.88. The molecule has 2 N–H and O–H groups in total. The Morgan fingerprint density at radius 3 is 2.50 bits per heavy atom. The Morgan fingerprint density at radius 1 is 1.50 bits per heavy atom. The molecule has 0 amide bonds. The Balaban J connectivity index is 3.34. The summed E-state index contributed by atoms with van der Waals surface area (Å²) in [5.74, 6) is 0. The van der Waals surface area contributed by atoms with Crippen molar-refractivity contribution in [2.24, 2.45) is 0 Å². The van der Waals surface area contributed by atoms with Crippen molar-refractivity contribution in [1.29, 1.82) is 0 Å². The van der Waals surface area contributed by atoms with Gasteiger partial charge in [0.2, 0.25) is 10.0 Å². The average Bonchev–Trinajstić information content (AvgIpc) is 1.96. The molecule has 0 saturated carbocycles. The Morgan fingerprint density at radius 2 is 2.08 bits per heavy atom. The van der Waals surface area contributed by atoms with Crippen LogP contribution in [0.4, 0.5) is 0 Å². The van der Waals surface area contributed by atoms with E-state index in [1.807, 2.05) is 6.92 Å². The number of hydrogen-bond donors (Lipinski definition) is 2.